The highest BCUT2D eigenvalue weighted by Crippen LogP contribution is 2.20. The van der Waals surface area contributed by atoms with Crippen molar-refractivity contribution >= 4 is 33.2 Å². The van der Waals surface area contributed by atoms with E-state index in [-0.39, 0.29) is 12.5 Å². The summed E-state index contributed by atoms with van der Waals surface area (Å²) in [7, 11) is -3.40. The third-order valence-corrected chi connectivity index (χ3v) is 4.91. The van der Waals surface area contributed by atoms with Gasteiger partial charge in [0.2, 0.25) is 15.9 Å². The number of carbonyl (C=O) groups is 1. The minimum Gasteiger partial charge on any atom is -0.325 e. The standard InChI is InChI=1S/C15H23ClN2O3S/c1-4-5-6-9-18(22(3,20)21)11-15(19)17-13-8-7-12(2)14(16)10-13/h7-8,10H,4-6,9,11H2,1-3H3,(H,17,19). The van der Waals surface area contributed by atoms with Crippen molar-refractivity contribution < 1.29 is 13.2 Å². The number of amides is 1. The van der Waals surface area contributed by atoms with Crippen LogP contribution in [-0.2, 0) is 14.8 Å². The Morgan fingerprint density at radius 1 is 1.32 bits per heavy atom. The summed E-state index contributed by atoms with van der Waals surface area (Å²) in [5, 5.41) is 3.23. The van der Waals surface area contributed by atoms with Gasteiger partial charge in [0.25, 0.3) is 0 Å². The number of halogens is 1. The highest BCUT2D eigenvalue weighted by atomic mass is 35.5. The van der Waals surface area contributed by atoms with Crippen LogP contribution < -0.4 is 5.32 Å². The summed E-state index contributed by atoms with van der Waals surface area (Å²) in [4.78, 5) is 12.0. The average Bonchev–Trinajstić information content (AvgIpc) is 2.41. The molecule has 124 valence electrons. The molecule has 0 atom stereocenters. The van der Waals surface area contributed by atoms with Crippen molar-refractivity contribution in [2.75, 3.05) is 24.7 Å². The van der Waals surface area contributed by atoms with E-state index in [0.717, 1.165) is 31.1 Å². The number of nitrogens with one attached hydrogen (secondary N) is 1. The van der Waals surface area contributed by atoms with Crippen LogP contribution in [-0.4, -0.2) is 38.0 Å². The van der Waals surface area contributed by atoms with Crippen molar-refractivity contribution in [2.24, 2.45) is 0 Å². The molecule has 0 aliphatic carbocycles. The predicted molar refractivity (Wildman–Crippen MR) is 90.8 cm³/mol. The van der Waals surface area contributed by atoms with Gasteiger partial charge < -0.3 is 5.32 Å². The Labute approximate surface area is 137 Å². The highest BCUT2D eigenvalue weighted by Gasteiger charge is 2.19. The maximum absolute atomic E-state index is 12.0. The number of hydrogen-bond acceptors (Lipinski definition) is 3. The molecule has 0 bridgehead atoms. The van der Waals surface area contributed by atoms with Gasteiger partial charge in [-0.25, -0.2) is 8.42 Å². The number of unbranched alkanes of at least 4 members (excludes halogenated alkanes) is 2. The van der Waals surface area contributed by atoms with Gasteiger partial charge in [-0.15, -0.1) is 0 Å². The monoisotopic (exact) mass is 346 g/mol. The summed E-state index contributed by atoms with van der Waals surface area (Å²) in [6.45, 7) is 4.08. The number of hydrogen-bond donors (Lipinski definition) is 1. The second-order valence-corrected chi connectivity index (χ2v) is 7.71. The van der Waals surface area contributed by atoms with Crippen molar-refractivity contribution in [3.8, 4) is 0 Å². The highest BCUT2D eigenvalue weighted by molar-refractivity contribution is 7.88. The molecule has 0 radical (unpaired) electrons. The van der Waals surface area contributed by atoms with E-state index >= 15 is 0 Å². The first-order valence-corrected chi connectivity index (χ1v) is 9.47. The zero-order valence-corrected chi connectivity index (χ0v) is 14.8. The number of anilines is 1. The van der Waals surface area contributed by atoms with Crippen LogP contribution in [0.15, 0.2) is 18.2 Å². The van der Waals surface area contributed by atoms with E-state index in [4.69, 9.17) is 11.6 Å². The fourth-order valence-corrected chi connectivity index (χ4v) is 2.92. The molecule has 1 aromatic rings. The molecular formula is C15H23ClN2O3S. The Morgan fingerprint density at radius 3 is 2.55 bits per heavy atom. The summed E-state index contributed by atoms with van der Waals surface area (Å²) in [6, 6.07) is 5.19. The zero-order valence-electron chi connectivity index (χ0n) is 13.2. The van der Waals surface area contributed by atoms with Crippen molar-refractivity contribution in [3.05, 3.63) is 28.8 Å². The van der Waals surface area contributed by atoms with Crippen molar-refractivity contribution in [1.29, 1.82) is 0 Å². The van der Waals surface area contributed by atoms with Crippen molar-refractivity contribution in [3.63, 3.8) is 0 Å². The summed E-state index contributed by atoms with van der Waals surface area (Å²) in [5.74, 6) is -0.373. The molecule has 0 spiro atoms. The van der Waals surface area contributed by atoms with E-state index in [1.165, 1.54) is 4.31 Å². The lowest BCUT2D eigenvalue weighted by Crippen LogP contribution is -2.38. The number of benzene rings is 1. The van der Waals surface area contributed by atoms with Gasteiger partial charge in [0, 0.05) is 17.3 Å². The van der Waals surface area contributed by atoms with Gasteiger partial charge in [-0.2, -0.15) is 4.31 Å². The van der Waals surface area contributed by atoms with Gasteiger partial charge in [0.15, 0.2) is 0 Å². The molecule has 0 heterocycles. The van der Waals surface area contributed by atoms with Gasteiger partial charge in [0.1, 0.15) is 0 Å². The van der Waals surface area contributed by atoms with Crippen LogP contribution in [0.5, 0.6) is 0 Å². The molecule has 0 aromatic heterocycles. The van der Waals surface area contributed by atoms with Crippen molar-refractivity contribution in [1.82, 2.24) is 4.31 Å². The topological polar surface area (TPSA) is 66.5 Å². The minimum absolute atomic E-state index is 0.186. The zero-order chi connectivity index (χ0) is 16.8. The number of carbonyl (C=O) groups excluding carboxylic acids is 1. The van der Waals surface area contributed by atoms with Gasteiger partial charge >= 0.3 is 0 Å². The van der Waals surface area contributed by atoms with Crippen LogP contribution in [0.3, 0.4) is 0 Å². The molecule has 0 unspecified atom stereocenters. The molecule has 0 aliphatic rings. The molecular weight excluding hydrogens is 324 g/mol. The molecule has 0 aliphatic heterocycles. The van der Waals surface area contributed by atoms with E-state index in [1.807, 2.05) is 13.8 Å². The lowest BCUT2D eigenvalue weighted by atomic mass is 10.2. The number of rotatable bonds is 8. The molecule has 1 amide bonds. The Hall–Kier alpha value is -1.11. The Kier molecular flexibility index (Phi) is 7.32. The fraction of sp³-hybridized carbons (Fsp3) is 0.533. The molecule has 7 heteroatoms. The molecule has 1 aromatic carbocycles. The van der Waals surface area contributed by atoms with Crippen LogP contribution in [0.1, 0.15) is 31.7 Å². The second-order valence-electron chi connectivity index (χ2n) is 5.32. The Balaban J connectivity index is 2.68. The van der Waals surface area contributed by atoms with Gasteiger partial charge in [0.05, 0.1) is 12.8 Å². The fourth-order valence-electron chi connectivity index (χ4n) is 1.93. The first-order valence-electron chi connectivity index (χ1n) is 7.25. The largest absolute Gasteiger partial charge is 0.325 e. The maximum atomic E-state index is 12.0. The molecule has 5 nitrogen and oxygen atoms in total. The average molecular weight is 347 g/mol. The Bertz CT molecular complexity index is 617. The summed E-state index contributed by atoms with van der Waals surface area (Å²) < 4.78 is 24.7. The number of aryl methyl sites for hydroxylation is 1. The summed E-state index contributed by atoms with van der Waals surface area (Å²) >= 11 is 6.00. The van der Waals surface area contributed by atoms with Gasteiger partial charge in [-0.05, 0) is 31.0 Å². The van der Waals surface area contributed by atoms with E-state index < -0.39 is 10.0 Å². The van der Waals surface area contributed by atoms with E-state index in [1.54, 1.807) is 18.2 Å². The molecule has 22 heavy (non-hydrogen) atoms. The van der Waals surface area contributed by atoms with Crippen LogP contribution in [0.4, 0.5) is 5.69 Å². The SMILES string of the molecule is CCCCCN(CC(=O)Nc1ccc(C)c(Cl)c1)S(C)(=O)=O. The molecule has 0 saturated heterocycles. The Morgan fingerprint density at radius 2 is 2.00 bits per heavy atom. The first kappa shape index (κ1) is 18.9. The normalized spacial score (nSPS) is 11.7. The molecule has 1 rings (SSSR count). The lowest BCUT2D eigenvalue weighted by Gasteiger charge is -2.19. The third kappa shape index (κ3) is 6.34. The minimum atomic E-state index is -3.40. The second kappa shape index (κ2) is 8.50. The molecule has 1 N–H and O–H groups in total. The van der Waals surface area contributed by atoms with E-state index in [2.05, 4.69) is 5.32 Å². The van der Waals surface area contributed by atoms with Gasteiger partial charge in [-0.3, -0.25) is 4.79 Å². The number of sulfonamides is 1. The predicted octanol–water partition coefficient (Wildman–Crippen LogP) is 3.04. The third-order valence-electron chi connectivity index (χ3n) is 3.26. The number of nitrogens with zero attached hydrogens (tertiary/aromatic N) is 1. The van der Waals surface area contributed by atoms with E-state index in [9.17, 15) is 13.2 Å². The van der Waals surface area contributed by atoms with Crippen LogP contribution >= 0.6 is 11.6 Å². The van der Waals surface area contributed by atoms with Crippen LogP contribution in [0.2, 0.25) is 5.02 Å². The van der Waals surface area contributed by atoms with Gasteiger partial charge in [-0.1, -0.05) is 37.4 Å². The van der Waals surface area contributed by atoms with Crippen LogP contribution in [0, 0.1) is 6.92 Å². The van der Waals surface area contributed by atoms with E-state index in [0.29, 0.717) is 17.3 Å². The maximum Gasteiger partial charge on any atom is 0.239 e. The quantitative estimate of drug-likeness (QED) is 0.736. The molecule has 0 fully saturated rings. The van der Waals surface area contributed by atoms with Crippen LogP contribution in [0.25, 0.3) is 0 Å². The van der Waals surface area contributed by atoms with Crippen molar-refractivity contribution in [2.45, 2.75) is 33.1 Å². The smallest absolute Gasteiger partial charge is 0.239 e. The first-order chi connectivity index (χ1) is 10.2. The summed E-state index contributed by atoms with van der Waals surface area (Å²) in [5.41, 5.74) is 1.47. The lowest BCUT2D eigenvalue weighted by molar-refractivity contribution is -0.116. The molecule has 0 saturated carbocycles. The summed E-state index contributed by atoms with van der Waals surface area (Å²) in [6.07, 6.45) is 3.79.